The Kier molecular flexibility index (Phi) is 3.17. The molecule has 0 saturated carbocycles. The van der Waals surface area contributed by atoms with Crippen LogP contribution >= 0.6 is 27.5 Å². The molecular formula is C12H9BrClNO. The van der Waals surface area contributed by atoms with E-state index in [4.69, 9.17) is 11.6 Å². The highest BCUT2D eigenvalue weighted by Crippen LogP contribution is 2.31. The first kappa shape index (κ1) is 11.4. The van der Waals surface area contributed by atoms with E-state index in [1.54, 1.807) is 19.3 Å². The molecule has 0 aliphatic heterocycles. The van der Waals surface area contributed by atoms with Crippen LogP contribution in [-0.4, -0.2) is 4.57 Å². The van der Waals surface area contributed by atoms with Crippen LogP contribution in [0, 0.1) is 0 Å². The average molecular weight is 299 g/mol. The lowest BCUT2D eigenvalue weighted by atomic mass is 10.1. The van der Waals surface area contributed by atoms with E-state index in [1.165, 1.54) is 4.57 Å². The summed E-state index contributed by atoms with van der Waals surface area (Å²) < 4.78 is 2.28. The van der Waals surface area contributed by atoms with Gasteiger partial charge in [-0.1, -0.05) is 29.8 Å². The molecule has 4 heteroatoms. The Balaban J connectivity index is 2.70. The Morgan fingerprint density at radius 1 is 1.25 bits per heavy atom. The van der Waals surface area contributed by atoms with Gasteiger partial charge in [0, 0.05) is 39.9 Å². The standard InChI is InChI=1S/C12H9BrClNO/c1-15-7-9(10(13)6-12(15)16)8-4-2-3-5-11(8)14/h2-7H,1H3. The summed E-state index contributed by atoms with van der Waals surface area (Å²) in [6.45, 7) is 0. The summed E-state index contributed by atoms with van der Waals surface area (Å²) in [6.07, 6.45) is 1.77. The smallest absolute Gasteiger partial charge is 0.251 e. The Labute approximate surface area is 107 Å². The van der Waals surface area contributed by atoms with Crippen molar-refractivity contribution in [3.63, 3.8) is 0 Å². The number of benzene rings is 1. The van der Waals surface area contributed by atoms with Crippen LogP contribution in [-0.2, 0) is 7.05 Å². The van der Waals surface area contributed by atoms with Gasteiger partial charge < -0.3 is 4.57 Å². The Hall–Kier alpha value is -1.06. The zero-order valence-electron chi connectivity index (χ0n) is 8.58. The van der Waals surface area contributed by atoms with Crippen molar-refractivity contribution in [2.45, 2.75) is 0 Å². The van der Waals surface area contributed by atoms with Gasteiger partial charge in [0.15, 0.2) is 0 Å². The number of aromatic nitrogens is 1. The summed E-state index contributed by atoms with van der Waals surface area (Å²) in [4.78, 5) is 11.4. The maximum Gasteiger partial charge on any atom is 0.251 e. The van der Waals surface area contributed by atoms with Gasteiger partial charge in [-0.2, -0.15) is 0 Å². The quantitative estimate of drug-likeness (QED) is 0.790. The predicted molar refractivity (Wildman–Crippen MR) is 69.8 cm³/mol. The van der Waals surface area contributed by atoms with Crippen LogP contribution < -0.4 is 5.56 Å². The lowest BCUT2D eigenvalue weighted by Gasteiger charge is -2.08. The summed E-state index contributed by atoms with van der Waals surface area (Å²) in [7, 11) is 1.72. The minimum atomic E-state index is -0.0531. The maximum atomic E-state index is 11.4. The zero-order valence-corrected chi connectivity index (χ0v) is 10.9. The van der Waals surface area contributed by atoms with Gasteiger partial charge in [0.2, 0.25) is 0 Å². The molecule has 0 bridgehead atoms. The molecule has 0 aliphatic rings. The predicted octanol–water partition coefficient (Wildman–Crippen LogP) is 3.47. The molecule has 0 N–H and O–H groups in total. The lowest BCUT2D eigenvalue weighted by Crippen LogP contribution is -2.14. The molecule has 0 spiro atoms. The number of hydrogen-bond acceptors (Lipinski definition) is 1. The molecule has 1 aromatic carbocycles. The van der Waals surface area contributed by atoms with Gasteiger partial charge in [0.25, 0.3) is 5.56 Å². The molecule has 1 heterocycles. The third-order valence-corrected chi connectivity index (χ3v) is 3.33. The second-order valence-electron chi connectivity index (χ2n) is 3.46. The Bertz CT molecular complexity index is 592. The van der Waals surface area contributed by atoms with E-state index in [1.807, 2.05) is 24.3 Å². The van der Waals surface area contributed by atoms with Crippen molar-refractivity contribution in [2.75, 3.05) is 0 Å². The lowest BCUT2D eigenvalue weighted by molar-refractivity contribution is 0.860. The molecule has 0 fully saturated rings. The number of pyridine rings is 1. The molecule has 2 rings (SSSR count). The number of hydrogen-bond donors (Lipinski definition) is 0. The molecule has 2 nitrogen and oxygen atoms in total. The van der Waals surface area contributed by atoms with Crippen molar-refractivity contribution in [1.29, 1.82) is 0 Å². The number of halogens is 2. The summed E-state index contributed by atoms with van der Waals surface area (Å²) in [6, 6.07) is 9.08. The van der Waals surface area contributed by atoms with Gasteiger partial charge in [-0.25, -0.2) is 0 Å². The average Bonchev–Trinajstić information content (AvgIpc) is 2.25. The van der Waals surface area contributed by atoms with E-state index >= 15 is 0 Å². The van der Waals surface area contributed by atoms with E-state index in [0.29, 0.717) is 5.02 Å². The zero-order chi connectivity index (χ0) is 11.7. The fraction of sp³-hybridized carbons (Fsp3) is 0.0833. The van der Waals surface area contributed by atoms with Crippen LogP contribution in [0.1, 0.15) is 0 Å². The minimum Gasteiger partial charge on any atom is -0.318 e. The maximum absolute atomic E-state index is 11.4. The summed E-state index contributed by atoms with van der Waals surface area (Å²) in [5, 5.41) is 0.668. The second kappa shape index (κ2) is 4.44. The molecule has 82 valence electrons. The number of aryl methyl sites for hydroxylation is 1. The highest BCUT2D eigenvalue weighted by molar-refractivity contribution is 9.10. The monoisotopic (exact) mass is 297 g/mol. The molecule has 0 amide bonds. The van der Waals surface area contributed by atoms with Crippen LogP contribution in [0.15, 0.2) is 45.8 Å². The van der Waals surface area contributed by atoms with E-state index in [9.17, 15) is 4.79 Å². The largest absolute Gasteiger partial charge is 0.318 e. The third kappa shape index (κ3) is 2.06. The van der Waals surface area contributed by atoms with Gasteiger partial charge in [0.1, 0.15) is 0 Å². The van der Waals surface area contributed by atoms with E-state index in [2.05, 4.69) is 15.9 Å². The van der Waals surface area contributed by atoms with E-state index < -0.39 is 0 Å². The Morgan fingerprint density at radius 2 is 1.94 bits per heavy atom. The van der Waals surface area contributed by atoms with Crippen LogP contribution in [0.4, 0.5) is 0 Å². The molecule has 1 aromatic heterocycles. The van der Waals surface area contributed by atoms with Crippen molar-refractivity contribution in [1.82, 2.24) is 4.57 Å². The fourth-order valence-electron chi connectivity index (χ4n) is 1.48. The SMILES string of the molecule is Cn1cc(-c2ccccc2Cl)c(Br)cc1=O. The topological polar surface area (TPSA) is 22.0 Å². The summed E-state index contributed by atoms with van der Waals surface area (Å²) >= 11 is 9.49. The van der Waals surface area contributed by atoms with Crippen molar-refractivity contribution < 1.29 is 0 Å². The van der Waals surface area contributed by atoms with Crippen molar-refractivity contribution >= 4 is 27.5 Å². The Morgan fingerprint density at radius 3 is 2.62 bits per heavy atom. The summed E-state index contributed by atoms with van der Waals surface area (Å²) in [5.41, 5.74) is 1.77. The van der Waals surface area contributed by atoms with Gasteiger partial charge in [-0.15, -0.1) is 0 Å². The van der Waals surface area contributed by atoms with Crippen LogP contribution in [0.3, 0.4) is 0 Å². The van der Waals surface area contributed by atoms with Crippen LogP contribution in [0.2, 0.25) is 5.02 Å². The third-order valence-electron chi connectivity index (χ3n) is 2.34. The van der Waals surface area contributed by atoms with Gasteiger partial charge >= 0.3 is 0 Å². The highest BCUT2D eigenvalue weighted by Gasteiger charge is 2.08. The van der Waals surface area contributed by atoms with E-state index in [-0.39, 0.29) is 5.56 Å². The first-order valence-electron chi connectivity index (χ1n) is 4.70. The minimum absolute atomic E-state index is 0.0531. The fourth-order valence-corrected chi connectivity index (χ4v) is 2.23. The summed E-state index contributed by atoms with van der Waals surface area (Å²) in [5.74, 6) is 0. The molecule has 16 heavy (non-hydrogen) atoms. The van der Waals surface area contributed by atoms with Gasteiger partial charge in [-0.3, -0.25) is 4.79 Å². The molecule has 0 radical (unpaired) electrons. The molecule has 0 atom stereocenters. The molecule has 2 aromatic rings. The van der Waals surface area contributed by atoms with Gasteiger partial charge in [0.05, 0.1) is 0 Å². The first-order valence-corrected chi connectivity index (χ1v) is 5.88. The van der Waals surface area contributed by atoms with Crippen LogP contribution in [0.25, 0.3) is 11.1 Å². The molecular weight excluding hydrogens is 289 g/mol. The normalized spacial score (nSPS) is 10.4. The van der Waals surface area contributed by atoms with Gasteiger partial charge in [-0.05, 0) is 22.0 Å². The highest BCUT2D eigenvalue weighted by atomic mass is 79.9. The van der Waals surface area contributed by atoms with E-state index in [0.717, 1.165) is 15.6 Å². The molecule has 0 unspecified atom stereocenters. The molecule has 0 saturated heterocycles. The molecule has 0 aliphatic carbocycles. The van der Waals surface area contributed by atoms with Crippen molar-refractivity contribution in [2.24, 2.45) is 7.05 Å². The van der Waals surface area contributed by atoms with Crippen molar-refractivity contribution in [3.05, 3.63) is 56.4 Å². The first-order chi connectivity index (χ1) is 7.59. The van der Waals surface area contributed by atoms with Crippen molar-refractivity contribution in [3.8, 4) is 11.1 Å². The van der Waals surface area contributed by atoms with Crippen LogP contribution in [0.5, 0.6) is 0 Å². The second-order valence-corrected chi connectivity index (χ2v) is 4.73. The number of nitrogens with zero attached hydrogens (tertiary/aromatic N) is 1. The number of rotatable bonds is 1.